The van der Waals surface area contributed by atoms with Crippen molar-refractivity contribution in [1.29, 1.82) is 0 Å². The molecule has 5 nitrogen and oxygen atoms in total. The molecule has 1 aliphatic rings. The topological polar surface area (TPSA) is 61.6 Å². The van der Waals surface area contributed by atoms with Crippen LogP contribution in [0.3, 0.4) is 0 Å². The van der Waals surface area contributed by atoms with Gasteiger partial charge in [0, 0.05) is 19.6 Å². The molecule has 1 rings (SSSR count). The van der Waals surface area contributed by atoms with Crippen molar-refractivity contribution >= 4 is 5.91 Å². The van der Waals surface area contributed by atoms with Crippen molar-refractivity contribution in [3.05, 3.63) is 0 Å². The SMILES string of the molecule is CC(CN)CN1CCCN(CC(=O)NCC(F)(F)F)CC1. The summed E-state index contributed by atoms with van der Waals surface area (Å²) in [5.74, 6) is -0.150. The Bertz CT molecular complexity index is 325. The van der Waals surface area contributed by atoms with Crippen molar-refractivity contribution in [2.24, 2.45) is 11.7 Å². The Labute approximate surface area is 123 Å². The van der Waals surface area contributed by atoms with E-state index in [2.05, 4.69) is 11.8 Å². The highest BCUT2D eigenvalue weighted by Gasteiger charge is 2.28. The van der Waals surface area contributed by atoms with Crippen LogP contribution in [0.2, 0.25) is 0 Å². The third-order valence-corrected chi connectivity index (χ3v) is 3.51. The second-order valence-corrected chi connectivity index (χ2v) is 5.66. The lowest BCUT2D eigenvalue weighted by molar-refractivity contribution is -0.139. The monoisotopic (exact) mass is 310 g/mol. The predicted molar refractivity (Wildman–Crippen MR) is 74.8 cm³/mol. The molecule has 0 spiro atoms. The average molecular weight is 310 g/mol. The number of rotatable bonds is 6. The van der Waals surface area contributed by atoms with Gasteiger partial charge in [0.15, 0.2) is 0 Å². The van der Waals surface area contributed by atoms with Gasteiger partial charge < -0.3 is 16.0 Å². The number of nitrogens with zero attached hydrogens (tertiary/aromatic N) is 2. The molecule has 3 N–H and O–H groups in total. The summed E-state index contributed by atoms with van der Waals surface area (Å²) in [5, 5.41) is 1.91. The van der Waals surface area contributed by atoms with Gasteiger partial charge in [-0.25, -0.2) is 0 Å². The van der Waals surface area contributed by atoms with E-state index >= 15 is 0 Å². The Morgan fingerprint density at radius 2 is 1.86 bits per heavy atom. The van der Waals surface area contributed by atoms with Crippen LogP contribution in [0.15, 0.2) is 0 Å². The number of alkyl halides is 3. The summed E-state index contributed by atoms with van der Waals surface area (Å²) in [4.78, 5) is 15.7. The molecule has 1 amide bonds. The van der Waals surface area contributed by atoms with E-state index < -0.39 is 18.6 Å². The molecule has 1 atom stereocenters. The lowest BCUT2D eigenvalue weighted by Gasteiger charge is -2.23. The van der Waals surface area contributed by atoms with Gasteiger partial charge in [0.25, 0.3) is 0 Å². The van der Waals surface area contributed by atoms with E-state index in [1.807, 2.05) is 10.2 Å². The fraction of sp³-hybridized carbons (Fsp3) is 0.923. The smallest absolute Gasteiger partial charge is 0.346 e. The minimum Gasteiger partial charge on any atom is -0.346 e. The zero-order chi connectivity index (χ0) is 15.9. The lowest BCUT2D eigenvalue weighted by atomic mass is 10.1. The van der Waals surface area contributed by atoms with Crippen molar-refractivity contribution in [2.75, 3.05) is 52.4 Å². The number of hydrogen-bond donors (Lipinski definition) is 2. The van der Waals surface area contributed by atoms with Crippen LogP contribution < -0.4 is 11.1 Å². The highest BCUT2D eigenvalue weighted by Crippen LogP contribution is 2.12. The van der Waals surface area contributed by atoms with E-state index in [1.54, 1.807) is 0 Å². The molecule has 0 aromatic heterocycles. The lowest BCUT2D eigenvalue weighted by Crippen LogP contribution is -2.42. The number of halogens is 3. The largest absolute Gasteiger partial charge is 0.405 e. The third-order valence-electron chi connectivity index (χ3n) is 3.51. The third kappa shape index (κ3) is 8.23. The van der Waals surface area contributed by atoms with Crippen LogP contribution in [-0.4, -0.2) is 74.2 Å². The van der Waals surface area contributed by atoms with Crippen LogP contribution in [-0.2, 0) is 4.79 Å². The number of amides is 1. The highest BCUT2D eigenvalue weighted by molar-refractivity contribution is 5.78. The maximum atomic E-state index is 12.0. The molecular formula is C13H25F3N4O. The van der Waals surface area contributed by atoms with Crippen molar-refractivity contribution in [3.63, 3.8) is 0 Å². The van der Waals surface area contributed by atoms with Crippen LogP contribution >= 0.6 is 0 Å². The molecule has 1 saturated heterocycles. The number of nitrogens with one attached hydrogen (secondary N) is 1. The highest BCUT2D eigenvalue weighted by atomic mass is 19.4. The average Bonchev–Trinajstić information content (AvgIpc) is 2.61. The van der Waals surface area contributed by atoms with Gasteiger partial charge in [-0.15, -0.1) is 0 Å². The van der Waals surface area contributed by atoms with Gasteiger partial charge >= 0.3 is 6.18 Å². The van der Waals surface area contributed by atoms with Crippen LogP contribution in [0.4, 0.5) is 13.2 Å². The molecule has 1 unspecified atom stereocenters. The molecule has 0 bridgehead atoms. The standard InChI is InChI=1S/C13H25F3N4O/c1-11(7-17)8-19-3-2-4-20(6-5-19)9-12(21)18-10-13(14,15)16/h11H,2-10,17H2,1H3,(H,18,21). The zero-order valence-corrected chi connectivity index (χ0v) is 12.5. The molecule has 21 heavy (non-hydrogen) atoms. The summed E-state index contributed by atoms with van der Waals surface area (Å²) < 4.78 is 36.1. The van der Waals surface area contributed by atoms with Gasteiger partial charge in [-0.2, -0.15) is 13.2 Å². The van der Waals surface area contributed by atoms with Gasteiger partial charge in [0.05, 0.1) is 6.54 Å². The fourth-order valence-electron chi connectivity index (χ4n) is 2.34. The Kier molecular flexibility index (Phi) is 7.41. The second-order valence-electron chi connectivity index (χ2n) is 5.66. The van der Waals surface area contributed by atoms with E-state index in [0.29, 0.717) is 19.0 Å². The summed E-state index contributed by atoms with van der Waals surface area (Å²) in [7, 11) is 0. The Morgan fingerprint density at radius 3 is 2.48 bits per heavy atom. The minimum atomic E-state index is -4.36. The summed E-state index contributed by atoms with van der Waals surface area (Å²) in [6.07, 6.45) is -3.45. The number of nitrogens with two attached hydrogens (primary N) is 1. The van der Waals surface area contributed by atoms with E-state index in [9.17, 15) is 18.0 Å². The molecule has 1 heterocycles. The Morgan fingerprint density at radius 1 is 1.24 bits per heavy atom. The van der Waals surface area contributed by atoms with Crippen molar-refractivity contribution < 1.29 is 18.0 Å². The fourth-order valence-corrected chi connectivity index (χ4v) is 2.34. The van der Waals surface area contributed by atoms with Crippen molar-refractivity contribution in [3.8, 4) is 0 Å². The van der Waals surface area contributed by atoms with Crippen molar-refractivity contribution in [2.45, 2.75) is 19.5 Å². The molecular weight excluding hydrogens is 285 g/mol. The predicted octanol–water partition coefficient (Wildman–Crippen LogP) is 0.267. The van der Waals surface area contributed by atoms with E-state index in [0.717, 1.165) is 32.6 Å². The molecule has 0 aromatic rings. The summed E-state index contributed by atoms with van der Waals surface area (Å²) >= 11 is 0. The minimum absolute atomic E-state index is 0.0242. The quantitative estimate of drug-likeness (QED) is 0.739. The first-order valence-electron chi connectivity index (χ1n) is 7.28. The van der Waals surface area contributed by atoms with Crippen molar-refractivity contribution in [1.82, 2.24) is 15.1 Å². The van der Waals surface area contributed by atoms with Crippen LogP contribution in [0.25, 0.3) is 0 Å². The maximum absolute atomic E-state index is 12.0. The molecule has 0 aromatic carbocycles. The Hall–Kier alpha value is -0.860. The maximum Gasteiger partial charge on any atom is 0.405 e. The van der Waals surface area contributed by atoms with Gasteiger partial charge in [-0.05, 0) is 32.0 Å². The van der Waals surface area contributed by atoms with E-state index in [-0.39, 0.29) is 6.54 Å². The molecule has 0 aliphatic carbocycles. The summed E-state index contributed by atoms with van der Waals surface area (Å²) in [6.45, 7) is 5.58. The van der Waals surface area contributed by atoms with Gasteiger partial charge in [-0.1, -0.05) is 6.92 Å². The first-order chi connectivity index (χ1) is 9.80. The van der Waals surface area contributed by atoms with Gasteiger partial charge in [-0.3, -0.25) is 9.69 Å². The molecule has 1 aliphatic heterocycles. The summed E-state index contributed by atoms with van der Waals surface area (Å²) in [6, 6.07) is 0. The molecule has 8 heteroatoms. The number of carbonyl (C=O) groups excluding carboxylic acids is 1. The normalized spacial score (nSPS) is 20.0. The van der Waals surface area contributed by atoms with Crippen LogP contribution in [0.5, 0.6) is 0 Å². The van der Waals surface area contributed by atoms with Crippen LogP contribution in [0, 0.1) is 5.92 Å². The molecule has 124 valence electrons. The zero-order valence-electron chi connectivity index (χ0n) is 12.5. The van der Waals surface area contributed by atoms with E-state index in [1.165, 1.54) is 0 Å². The number of carbonyl (C=O) groups is 1. The van der Waals surface area contributed by atoms with Gasteiger partial charge in [0.1, 0.15) is 6.54 Å². The molecule has 0 saturated carbocycles. The summed E-state index contributed by atoms with van der Waals surface area (Å²) in [5.41, 5.74) is 5.61. The Balaban J connectivity index is 2.30. The van der Waals surface area contributed by atoms with Gasteiger partial charge in [0.2, 0.25) is 5.91 Å². The second kappa shape index (κ2) is 8.55. The molecule has 0 radical (unpaired) electrons. The van der Waals surface area contributed by atoms with E-state index in [4.69, 9.17) is 5.73 Å². The first-order valence-corrected chi connectivity index (χ1v) is 7.28. The number of hydrogen-bond acceptors (Lipinski definition) is 4. The first kappa shape index (κ1) is 18.2. The molecule has 1 fully saturated rings. The van der Waals surface area contributed by atoms with Crippen LogP contribution in [0.1, 0.15) is 13.3 Å².